The van der Waals surface area contributed by atoms with Crippen LogP contribution in [-0.4, -0.2) is 36.9 Å². The van der Waals surface area contributed by atoms with Crippen molar-refractivity contribution >= 4 is 49.4 Å². The van der Waals surface area contributed by atoms with E-state index in [2.05, 4.69) is 32.7 Å². The third kappa shape index (κ3) is 7.16. The highest BCUT2D eigenvalue weighted by atomic mass is 35.5. The Bertz CT molecular complexity index is 1720. The van der Waals surface area contributed by atoms with Crippen LogP contribution in [0.3, 0.4) is 0 Å². The van der Waals surface area contributed by atoms with Gasteiger partial charge < -0.3 is 15.4 Å². The van der Waals surface area contributed by atoms with Gasteiger partial charge in [0.25, 0.3) is 0 Å². The van der Waals surface area contributed by atoms with E-state index in [1.807, 2.05) is 24.3 Å². The molecule has 2 N–H and O–H groups in total. The summed E-state index contributed by atoms with van der Waals surface area (Å²) in [5.41, 5.74) is 5.49. The van der Waals surface area contributed by atoms with Gasteiger partial charge in [-0.15, -0.1) is 0 Å². The van der Waals surface area contributed by atoms with Crippen molar-refractivity contribution in [3.05, 3.63) is 107 Å². The number of ether oxygens (including phenoxy) is 1. The molecule has 10 heteroatoms. The van der Waals surface area contributed by atoms with Crippen LogP contribution in [0.1, 0.15) is 24.0 Å². The average Bonchev–Trinajstić information content (AvgIpc) is 3.39. The van der Waals surface area contributed by atoms with Crippen LogP contribution in [0.2, 0.25) is 5.02 Å². The minimum absolute atomic E-state index is 0.171. The molecule has 3 aromatic carbocycles. The zero-order chi connectivity index (χ0) is 28.1. The quantitative estimate of drug-likeness (QED) is 0.198. The molecule has 0 unspecified atom stereocenters. The number of allylic oxidation sites excluding steroid dienone is 3. The van der Waals surface area contributed by atoms with Gasteiger partial charge in [0.05, 0.1) is 16.3 Å². The zero-order valence-corrected chi connectivity index (χ0v) is 23.4. The summed E-state index contributed by atoms with van der Waals surface area (Å²) in [6.07, 6.45) is 8.16. The van der Waals surface area contributed by atoms with Crippen LogP contribution in [0, 0.1) is 5.82 Å². The summed E-state index contributed by atoms with van der Waals surface area (Å²) in [5, 5.41) is 7.94. The molecular weight excluding hydrogens is 551 g/mol. The molecule has 0 aliphatic heterocycles. The smallest absolute Gasteiger partial charge is 0.147 e. The number of sulfone groups is 1. The SMILES string of the molecule is CS(=O)(=O)CCCNC1=CC=C(c2ccc3ncnc(Nc4ccc(OCc5cccc(F)c5)c(Cl)c4)c3c2)C1. The molecule has 0 saturated carbocycles. The highest BCUT2D eigenvalue weighted by molar-refractivity contribution is 7.90. The Balaban J connectivity index is 1.25. The fourth-order valence-electron chi connectivity index (χ4n) is 4.40. The lowest BCUT2D eigenvalue weighted by Gasteiger charge is -2.13. The molecule has 1 aliphatic rings. The van der Waals surface area contributed by atoms with Crippen molar-refractivity contribution in [2.24, 2.45) is 0 Å². The zero-order valence-electron chi connectivity index (χ0n) is 21.8. The van der Waals surface area contributed by atoms with Crippen LogP contribution in [0.5, 0.6) is 5.75 Å². The van der Waals surface area contributed by atoms with Crippen LogP contribution in [0.4, 0.5) is 15.9 Å². The third-order valence-electron chi connectivity index (χ3n) is 6.39. The predicted molar refractivity (Wildman–Crippen MR) is 158 cm³/mol. The van der Waals surface area contributed by atoms with E-state index in [0.717, 1.165) is 39.8 Å². The van der Waals surface area contributed by atoms with Crippen LogP contribution in [0.25, 0.3) is 16.5 Å². The largest absolute Gasteiger partial charge is 0.487 e. The van der Waals surface area contributed by atoms with E-state index in [-0.39, 0.29) is 18.2 Å². The molecule has 206 valence electrons. The second-order valence-corrected chi connectivity index (χ2v) is 12.3. The van der Waals surface area contributed by atoms with Crippen LogP contribution in [-0.2, 0) is 16.4 Å². The van der Waals surface area contributed by atoms with Crippen molar-refractivity contribution in [2.45, 2.75) is 19.4 Å². The number of anilines is 2. The number of fused-ring (bicyclic) bond motifs is 1. The van der Waals surface area contributed by atoms with Gasteiger partial charge in [0.15, 0.2) is 0 Å². The van der Waals surface area contributed by atoms with Gasteiger partial charge >= 0.3 is 0 Å². The van der Waals surface area contributed by atoms with Crippen molar-refractivity contribution in [2.75, 3.05) is 23.9 Å². The molecule has 0 spiro atoms. The summed E-state index contributed by atoms with van der Waals surface area (Å²) in [6, 6.07) is 17.7. The first-order valence-electron chi connectivity index (χ1n) is 12.7. The number of rotatable bonds is 11. The van der Waals surface area contributed by atoms with E-state index in [1.165, 1.54) is 24.7 Å². The Labute approximate surface area is 237 Å². The van der Waals surface area contributed by atoms with E-state index in [0.29, 0.717) is 35.1 Å². The van der Waals surface area contributed by atoms with E-state index < -0.39 is 9.84 Å². The van der Waals surface area contributed by atoms with E-state index >= 15 is 0 Å². The van der Waals surface area contributed by atoms with Crippen molar-refractivity contribution < 1.29 is 17.5 Å². The number of hydrogen-bond donors (Lipinski definition) is 2. The standard InChI is InChI=1S/C30H28ClFN4O3S/c1-40(37,38)13-3-12-33-24-8-6-21(15-24)22-7-10-28-26(16-22)30(35-19-34-28)36-25-9-11-29(27(31)17-25)39-18-20-4-2-5-23(32)14-20/h2,4-11,14,16-17,19,33H,3,12-13,15,18H2,1H3,(H,34,35,36). The second-order valence-electron chi connectivity index (χ2n) is 9.61. The maximum atomic E-state index is 13.4. The highest BCUT2D eigenvalue weighted by Crippen LogP contribution is 2.33. The molecule has 0 radical (unpaired) electrons. The Hall–Kier alpha value is -3.95. The van der Waals surface area contributed by atoms with Gasteiger partial charge in [-0.3, -0.25) is 0 Å². The Morgan fingerprint density at radius 1 is 1.05 bits per heavy atom. The Morgan fingerprint density at radius 2 is 1.93 bits per heavy atom. The lowest BCUT2D eigenvalue weighted by molar-refractivity contribution is 0.306. The maximum Gasteiger partial charge on any atom is 0.147 e. The molecular formula is C30H28ClFN4O3S. The summed E-state index contributed by atoms with van der Waals surface area (Å²) >= 11 is 6.48. The molecule has 4 aromatic rings. The minimum atomic E-state index is -2.96. The van der Waals surface area contributed by atoms with Crippen LogP contribution in [0.15, 0.2) is 84.8 Å². The molecule has 0 bridgehead atoms. The van der Waals surface area contributed by atoms with Crippen molar-refractivity contribution in [3.8, 4) is 5.75 Å². The number of aromatic nitrogens is 2. The monoisotopic (exact) mass is 578 g/mol. The number of halogens is 2. The highest BCUT2D eigenvalue weighted by Gasteiger charge is 2.14. The van der Waals surface area contributed by atoms with Crippen LogP contribution >= 0.6 is 11.6 Å². The summed E-state index contributed by atoms with van der Waals surface area (Å²) in [7, 11) is -2.96. The van der Waals surface area contributed by atoms with Gasteiger partial charge in [0.2, 0.25) is 0 Å². The molecule has 0 fully saturated rings. The van der Waals surface area contributed by atoms with Crippen LogP contribution < -0.4 is 15.4 Å². The third-order valence-corrected chi connectivity index (χ3v) is 7.72. The summed E-state index contributed by atoms with van der Waals surface area (Å²) in [5.74, 6) is 0.991. The van der Waals surface area contributed by atoms with Gasteiger partial charge in [0, 0.05) is 36.0 Å². The van der Waals surface area contributed by atoms with E-state index in [9.17, 15) is 12.8 Å². The first kappa shape index (κ1) is 27.6. The van der Waals surface area contributed by atoms with E-state index in [4.69, 9.17) is 16.3 Å². The molecule has 1 heterocycles. The lowest BCUT2D eigenvalue weighted by atomic mass is 10.0. The Kier molecular flexibility index (Phi) is 8.32. The minimum Gasteiger partial charge on any atom is -0.487 e. The van der Waals surface area contributed by atoms with Gasteiger partial charge in [-0.1, -0.05) is 35.9 Å². The van der Waals surface area contributed by atoms with Gasteiger partial charge in [-0.25, -0.2) is 22.8 Å². The average molecular weight is 579 g/mol. The molecule has 1 aromatic heterocycles. The first-order chi connectivity index (χ1) is 19.2. The summed E-state index contributed by atoms with van der Waals surface area (Å²) < 4.78 is 41.9. The summed E-state index contributed by atoms with van der Waals surface area (Å²) in [6.45, 7) is 0.809. The lowest BCUT2D eigenvalue weighted by Crippen LogP contribution is -2.17. The molecule has 0 saturated heterocycles. The normalized spacial score (nSPS) is 13.2. The predicted octanol–water partition coefficient (Wildman–Crippen LogP) is 6.44. The molecule has 5 rings (SSSR count). The molecule has 0 atom stereocenters. The number of benzene rings is 3. The molecule has 40 heavy (non-hydrogen) atoms. The number of hydrogen-bond acceptors (Lipinski definition) is 7. The summed E-state index contributed by atoms with van der Waals surface area (Å²) in [4.78, 5) is 8.87. The Morgan fingerprint density at radius 3 is 2.73 bits per heavy atom. The molecule has 1 aliphatic carbocycles. The fourth-order valence-corrected chi connectivity index (χ4v) is 5.31. The second kappa shape index (κ2) is 12.1. The van der Waals surface area contributed by atoms with Gasteiger partial charge in [0.1, 0.15) is 40.2 Å². The van der Waals surface area contributed by atoms with Crippen molar-refractivity contribution in [1.82, 2.24) is 15.3 Å². The van der Waals surface area contributed by atoms with Crippen molar-refractivity contribution in [1.29, 1.82) is 0 Å². The first-order valence-corrected chi connectivity index (χ1v) is 15.2. The number of nitrogens with zero attached hydrogens (tertiary/aromatic N) is 2. The topological polar surface area (TPSA) is 93.2 Å². The van der Waals surface area contributed by atoms with Gasteiger partial charge in [-0.2, -0.15) is 0 Å². The number of nitrogens with one attached hydrogen (secondary N) is 2. The maximum absolute atomic E-state index is 13.4. The van der Waals surface area contributed by atoms with E-state index in [1.54, 1.807) is 24.3 Å². The fraction of sp³-hybridized carbons (Fsp3) is 0.200. The van der Waals surface area contributed by atoms with Crippen molar-refractivity contribution in [3.63, 3.8) is 0 Å². The molecule has 0 amide bonds. The molecule has 7 nitrogen and oxygen atoms in total. The van der Waals surface area contributed by atoms with Gasteiger partial charge in [-0.05, 0) is 71.7 Å².